The van der Waals surface area contributed by atoms with Crippen molar-refractivity contribution in [1.29, 1.82) is 0 Å². The first-order valence-electron chi connectivity index (χ1n) is 2.94. The zero-order valence-electron chi connectivity index (χ0n) is 6.14. The van der Waals surface area contributed by atoms with Crippen LogP contribution in [0.4, 0.5) is 0 Å². The normalized spacial score (nSPS) is 9.00. The van der Waals surface area contributed by atoms with E-state index in [0.717, 1.165) is 0 Å². The van der Waals surface area contributed by atoms with E-state index >= 15 is 0 Å². The second kappa shape index (κ2) is 5.29. The monoisotopic (exact) mass is 161 g/mol. The Bertz CT molecular complexity index is 136. The van der Waals surface area contributed by atoms with E-state index in [0.29, 0.717) is 11.5 Å². The molecule has 58 valence electrons. The predicted octanol–water partition coefficient (Wildman–Crippen LogP) is 0.0546. The van der Waals surface area contributed by atoms with Crippen LogP contribution in [0, 0.1) is 0 Å². The second-order valence-corrected chi connectivity index (χ2v) is 2.85. The summed E-state index contributed by atoms with van der Waals surface area (Å²) in [5.41, 5.74) is 0. The minimum Gasteiger partial charge on any atom is -0.358 e. The molecule has 0 bridgehead atoms. The lowest BCUT2D eigenvalue weighted by Crippen LogP contribution is -2.20. The van der Waals surface area contributed by atoms with Crippen molar-refractivity contribution in [3.63, 3.8) is 0 Å². The molecule has 0 aromatic carbocycles. The van der Waals surface area contributed by atoms with Gasteiger partial charge in [0.25, 0.3) is 0 Å². The Hall–Kier alpha value is -0.510. The molecule has 0 aliphatic rings. The number of hydrogen-bond donors (Lipinski definition) is 1. The highest BCUT2D eigenvalue weighted by Gasteiger charge is 1.98. The molecule has 0 unspecified atom stereocenters. The van der Waals surface area contributed by atoms with Gasteiger partial charge in [0, 0.05) is 7.05 Å². The average Bonchev–Trinajstić information content (AvgIpc) is 1.87. The molecule has 0 aromatic rings. The van der Waals surface area contributed by atoms with Crippen molar-refractivity contribution in [2.45, 2.75) is 6.92 Å². The molecular formula is C6H11NO2S. The predicted molar refractivity (Wildman–Crippen MR) is 42.1 cm³/mol. The van der Waals surface area contributed by atoms with E-state index in [-0.39, 0.29) is 11.7 Å². The largest absolute Gasteiger partial charge is 0.358 e. The average molecular weight is 161 g/mol. The lowest BCUT2D eigenvalue weighted by atomic mass is 10.5. The van der Waals surface area contributed by atoms with Crippen LogP contribution >= 0.6 is 11.8 Å². The first-order valence-corrected chi connectivity index (χ1v) is 4.10. The molecule has 0 rings (SSSR count). The summed E-state index contributed by atoms with van der Waals surface area (Å²) in [6.45, 7) is 1.51. The maximum atomic E-state index is 10.6. The number of amides is 1. The summed E-state index contributed by atoms with van der Waals surface area (Å²) in [6, 6.07) is 0. The smallest absolute Gasteiger partial charge is 0.229 e. The quantitative estimate of drug-likeness (QED) is 0.634. The lowest BCUT2D eigenvalue weighted by Gasteiger charge is -1.96. The van der Waals surface area contributed by atoms with E-state index in [4.69, 9.17) is 0 Å². The molecule has 0 saturated carbocycles. The van der Waals surface area contributed by atoms with Gasteiger partial charge in [-0.05, 0) is 6.92 Å². The fraction of sp³-hybridized carbons (Fsp3) is 0.667. The van der Waals surface area contributed by atoms with Crippen molar-refractivity contribution >= 4 is 23.5 Å². The first-order chi connectivity index (χ1) is 4.66. The minimum absolute atomic E-state index is 0.0359. The summed E-state index contributed by atoms with van der Waals surface area (Å²) in [5, 5.41) is 2.47. The molecule has 3 nitrogen and oxygen atoms in total. The maximum Gasteiger partial charge on any atom is 0.229 e. The van der Waals surface area contributed by atoms with Gasteiger partial charge in [0.2, 0.25) is 5.91 Å². The highest BCUT2D eigenvalue weighted by molar-refractivity contribution is 8.00. The van der Waals surface area contributed by atoms with Gasteiger partial charge >= 0.3 is 0 Å². The molecule has 0 heterocycles. The zero-order chi connectivity index (χ0) is 7.98. The van der Waals surface area contributed by atoms with Gasteiger partial charge in [-0.15, -0.1) is 11.8 Å². The Kier molecular flexibility index (Phi) is 5.02. The highest BCUT2D eigenvalue weighted by atomic mass is 32.2. The number of rotatable bonds is 4. The van der Waals surface area contributed by atoms with E-state index in [1.54, 1.807) is 7.05 Å². The van der Waals surface area contributed by atoms with Gasteiger partial charge in [-0.3, -0.25) is 9.59 Å². The van der Waals surface area contributed by atoms with Crippen LogP contribution in [0.3, 0.4) is 0 Å². The molecule has 0 atom stereocenters. The van der Waals surface area contributed by atoms with Gasteiger partial charge in [0.15, 0.2) is 0 Å². The Morgan fingerprint density at radius 3 is 2.40 bits per heavy atom. The standard InChI is InChI=1S/C6H11NO2S/c1-5(8)3-10-4-6(9)7-2/h3-4H2,1-2H3,(H,7,9). The number of hydrogen-bond acceptors (Lipinski definition) is 3. The molecule has 0 spiro atoms. The van der Waals surface area contributed by atoms with Crippen LogP contribution in [0.15, 0.2) is 0 Å². The number of carbonyl (C=O) groups is 2. The molecule has 0 radical (unpaired) electrons. The first kappa shape index (κ1) is 9.49. The van der Waals surface area contributed by atoms with E-state index in [9.17, 15) is 9.59 Å². The van der Waals surface area contributed by atoms with E-state index in [1.165, 1.54) is 18.7 Å². The summed E-state index contributed by atoms with van der Waals surface area (Å²) in [4.78, 5) is 20.9. The summed E-state index contributed by atoms with van der Waals surface area (Å²) in [7, 11) is 1.58. The molecule has 1 N–H and O–H groups in total. The van der Waals surface area contributed by atoms with Crippen molar-refractivity contribution in [1.82, 2.24) is 5.32 Å². The molecule has 1 amide bonds. The van der Waals surface area contributed by atoms with E-state index in [1.807, 2.05) is 0 Å². The van der Waals surface area contributed by atoms with Crippen LogP contribution in [0.25, 0.3) is 0 Å². The van der Waals surface area contributed by atoms with Gasteiger partial charge in [-0.25, -0.2) is 0 Å². The Balaban J connectivity index is 3.20. The van der Waals surface area contributed by atoms with Crippen molar-refractivity contribution < 1.29 is 9.59 Å². The Morgan fingerprint density at radius 2 is 2.00 bits per heavy atom. The van der Waals surface area contributed by atoms with Crippen molar-refractivity contribution in [3.8, 4) is 0 Å². The Morgan fingerprint density at radius 1 is 1.40 bits per heavy atom. The van der Waals surface area contributed by atoms with Gasteiger partial charge < -0.3 is 5.32 Å². The fourth-order valence-electron chi connectivity index (χ4n) is 0.360. The van der Waals surface area contributed by atoms with Gasteiger partial charge in [-0.1, -0.05) is 0 Å². The molecule has 0 fully saturated rings. The molecular weight excluding hydrogens is 150 g/mol. The number of thioether (sulfide) groups is 1. The summed E-state index contributed by atoms with van der Waals surface area (Å²) in [6.07, 6.45) is 0. The van der Waals surface area contributed by atoms with Crippen molar-refractivity contribution in [2.24, 2.45) is 0 Å². The van der Waals surface area contributed by atoms with E-state index < -0.39 is 0 Å². The molecule has 10 heavy (non-hydrogen) atoms. The van der Waals surface area contributed by atoms with Gasteiger partial charge in [-0.2, -0.15) is 0 Å². The SMILES string of the molecule is CNC(=O)CSCC(C)=O. The van der Waals surface area contributed by atoms with Crippen molar-refractivity contribution in [2.75, 3.05) is 18.6 Å². The van der Waals surface area contributed by atoms with Gasteiger partial charge in [0.1, 0.15) is 5.78 Å². The Labute approximate surface area is 64.6 Å². The number of Topliss-reactive ketones (excluding diaryl/α,β-unsaturated/α-hetero) is 1. The molecule has 0 saturated heterocycles. The van der Waals surface area contributed by atoms with Crippen LogP contribution in [0.5, 0.6) is 0 Å². The third-order valence-corrected chi connectivity index (χ3v) is 1.89. The molecule has 0 aliphatic heterocycles. The van der Waals surface area contributed by atoms with Crippen LogP contribution in [-0.2, 0) is 9.59 Å². The second-order valence-electron chi connectivity index (χ2n) is 1.87. The van der Waals surface area contributed by atoms with Crippen LogP contribution in [-0.4, -0.2) is 30.2 Å². The lowest BCUT2D eigenvalue weighted by molar-refractivity contribution is -0.118. The summed E-state index contributed by atoms with van der Waals surface area (Å²) < 4.78 is 0. The topological polar surface area (TPSA) is 46.2 Å². The highest BCUT2D eigenvalue weighted by Crippen LogP contribution is 1.97. The maximum absolute atomic E-state index is 10.6. The van der Waals surface area contributed by atoms with Crippen LogP contribution < -0.4 is 5.32 Å². The van der Waals surface area contributed by atoms with Gasteiger partial charge in [0.05, 0.1) is 11.5 Å². The molecule has 4 heteroatoms. The van der Waals surface area contributed by atoms with Crippen LogP contribution in [0.2, 0.25) is 0 Å². The third-order valence-electron chi connectivity index (χ3n) is 0.817. The minimum atomic E-state index is -0.0359. The third kappa shape index (κ3) is 5.62. The molecule has 0 aromatic heterocycles. The summed E-state index contributed by atoms with van der Waals surface area (Å²) in [5.74, 6) is 0.865. The van der Waals surface area contributed by atoms with Crippen molar-refractivity contribution in [3.05, 3.63) is 0 Å². The number of ketones is 1. The summed E-state index contributed by atoms with van der Waals surface area (Å²) >= 11 is 1.33. The number of carbonyl (C=O) groups excluding carboxylic acids is 2. The number of nitrogens with one attached hydrogen (secondary N) is 1. The van der Waals surface area contributed by atoms with E-state index in [2.05, 4.69) is 5.32 Å². The zero-order valence-corrected chi connectivity index (χ0v) is 6.96. The molecule has 0 aliphatic carbocycles. The van der Waals surface area contributed by atoms with Crippen LogP contribution in [0.1, 0.15) is 6.92 Å². The fourth-order valence-corrected chi connectivity index (χ4v) is 1.08.